The zero-order chi connectivity index (χ0) is 13.0. The van der Waals surface area contributed by atoms with Crippen molar-refractivity contribution in [1.82, 2.24) is 10.3 Å². The van der Waals surface area contributed by atoms with Crippen LogP contribution in [0, 0.1) is 0 Å². The predicted octanol–water partition coefficient (Wildman–Crippen LogP) is 2.84. The molecule has 0 bridgehead atoms. The molecule has 0 aliphatic rings. The van der Waals surface area contributed by atoms with Gasteiger partial charge in [-0.3, -0.25) is 4.79 Å². The van der Waals surface area contributed by atoms with Crippen molar-refractivity contribution in [3.05, 3.63) is 44.7 Å². The second-order valence-electron chi connectivity index (χ2n) is 3.53. The van der Waals surface area contributed by atoms with Crippen molar-refractivity contribution in [2.24, 2.45) is 0 Å². The number of aromatic nitrogens is 1. The van der Waals surface area contributed by atoms with Crippen LogP contribution >= 0.6 is 27.3 Å². The van der Waals surface area contributed by atoms with Gasteiger partial charge in [-0.05, 0) is 33.6 Å². The Bertz CT molecular complexity index is 557. The summed E-state index contributed by atoms with van der Waals surface area (Å²) in [6, 6.07) is 5.43. The van der Waals surface area contributed by atoms with Crippen LogP contribution in [-0.2, 0) is 6.54 Å². The fourth-order valence-electron chi connectivity index (χ4n) is 1.39. The molecule has 6 heteroatoms. The summed E-state index contributed by atoms with van der Waals surface area (Å²) in [7, 11) is 1.56. The Labute approximate surface area is 117 Å². The molecule has 0 saturated heterocycles. The third-order valence-corrected chi connectivity index (χ3v) is 3.80. The topological polar surface area (TPSA) is 51.2 Å². The van der Waals surface area contributed by atoms with Gasteiger partial charge in [0.2, 0.25) is 5.88 Å². The Balaban J connectivity index is 1.97. The van der Waals surface area contributed by atoms with Gasteiger partial charge in [-0.25, -0.2) is 4.98 Å². The number of rotatable bonds is 4. The highest BCUT2D eigenvalue weighted by Crippen LogP contribution is 2.20. The number of pyridine rings is 1. The Hall–Kier alpha value is -1.40. The van der Waals surface area contributed by atoms with Crippen LogP contribution in [0.1, 0.15) is 15.9 Å². The Morgan fingerprint density at radius 2 is 2.39 bits per heavy atom. The molecule has 0 saturated carbocycles. The fourth-order valence-corrected chi connectivity index (χ4v) is 2.52. The average molecular weight is 327 g/mol. The SMILES string of the molecule is COc1cc(CNC(=O)c2csc(Br)c2)ccn1. The second-order valence-corrected chi connectivity index (χ2v) is 5.82. The summed E-state index contributed by atoms with van der Waals surface area (Å²) in [5.41, 5.74) is 1.61. The molecule has 2 aromatic heterocycles. The van der Waals surface area contributed by atoms with E-state index in [-0.39, 0.29) is 5.91 Å². The molecule has 2 heterocycles. The van der Waals surface area contributed by atoms with Gasteiger partial charge >= 0.3 is 0 Å². The van der Waals surface area contributed by atoms with E-state index in [1.54, 1.807) is 25.4 Å². The highest BCUT2D eigenvalue weighted by Gasteiger charge is 2.07. The Morgan fingerprint density at radius 1 is 1.56 bits per heavy atom. The largest absolute Gasteiger partial charge is 0.481 e. The first-order chi connectivity index (χ1) is 8.69. The molecule has 0 aromatic carbocycles. The molecule has 1 N–H and O–H groups in total. The first-order valence-corrected chi connectivity index (χ1v) is 6.87. The molecular formula is C12H11BrN2O2S. The van der Waals surface area contributed by atoms with Crippen LogP contribution in [0.15, 0.2) is 33.6 Å². The number of halogens is 1. The highest BCUT2D eigenvalue weighted by atomic mass is 79.9. The first-order valence-electron chi connectivity index (χ1n) is 5.20. The number of carbonyl (C=O) groups is 1. The lowest BCUT2D eigenvalue weighted by molar-refractivity contribution is 0.0951. The molecule has 1 amide bonds. The zero-order valence-electron chi connectivity index (χ0n) is 9.64. The second kappa shape index (κ2) is 5.97. The molecule has 0 aliphatic heterocycles. The van der Waals surface area contributed by atoms with E-state index in [4.69, 9.17) is 4.74 Å². The van der Waals surface area contributed by atoms with E-state index >= 15 is 0 Å². The van der Waals surface area contributed by atoms with Crippen molar-refractivity contribution in [3.8, 4) is 5.88 Å². The predicted molar refractivity (Wildman–Crippen MR) is 74.0 cm³/mol. The van der Waals surface area contributed by atoms with Crippen LogP contribution in [-0.4, -0.2) is 18.0 Å². The Morgan fingerprint density at radius 3 is 3.06 bits per heavy atom. The van der Waals surface area contributed by atoms with E-state index in [9.17, 15) is 4.79 Å². The zero-order valence-corrected chi connectivity index (χ0v) is 12.0. The third kappa shape index (κ3) is 3.30. The molecule has 18 heavy (non-hydrogen) atoms. The van der Waals surface area contributed by atoms with Gasteiger partial charge in [0.15, 0.2) is 0 Å². The minimum Gasteiger partial charge on any atom is -0.481 e. The van der Waals surface area contributed by atoms with E-state index in [2.05, 4.69) is 26.2 Å². The van der Waals surface area contributed by atoms with Crippen LogP contribution in [0.2, 0.25) is 0 Å². The molecule has 0 aliphatic carbocycles. The van der Waals surface area contributed by atoms with Gasteiger partial charge < -0.3 is 10.1 Å². The lowest BCUT2D eigenvalue weighted by atomic mass is 10.2. The number of amides is 1. The van der Waals surface area contributed by atoms with Crippen molar-refractivity contribution in [2.45, 2.75) is 6.54 Å². The lowest BCUT2D eigenvalue weighted by Crippen LogP contribution is -2.22. The number of nitrogens with one attached hydrogen (secondary N) is 1. The number of hydrogen-bond donors (Lipinski definition) is 1. The number of methoxy groups -OCH3 is 1. The van der Waals surface area contributed by atoms with E-state index in [1.165, 1.54) is 11.3 Å². The molecule has 2 aromatic rings. The third-order valence-electron chi connectivity index (χ3n) is 2.29. The van der Waals surface area contributed by atoms with Crippen LogP contribution in [0.5, 0.6) is 5.88 Å². The smallest absolute Gasteiger partial charge is 0.252 e. The minimum atomic E-state index is -0.0901. The lowest BCUT2D eigenvalue weighted by Gasteiger charge is -2.05. The van der Waals surface area contributed by atoms with E-state index < -0.39 is 0 Å². The van der Waals surface area contributed by atoms with Gasteiger partial charge in [0.1, 0.15) is 0 Å². The maximum absolute atomic E-state index is 11.8. The Kier molecular flexibility index (Phi) is 4.33. The quantitative estimate of drug-likeness (QED) is 0.939. The molecule has 0 atom stereocenters. The van der Waals surface area contributed by atoms with Gasteiger partial charge in [0.05, 0.1) is 16.5 Å². The molecule has 94 valence electrons. The molecule has 4 nitrogen and oxygen atoms in total. The number of nitrogens with zero attached hydrogens (tertiary/aromatic N) is 1. The monoisotopic (exact) mass is 326 g/mol. The van der Waals surface area contributed by atoms with E-state index in [1.807, 2.05) is 11.4 Å². The molecule has 0 fully saturated rings. The van der Waals surface area contributed by atoms with Crippen molar-refractivity contribution in [1.29, 1.82) is 0 Å². The standard InChI is InChI=1S/C12H11BrN2O2S/c1-17-11-4-8(2-3-14-11)6-15-12(16)9-5-10(13)18-7-9/h2-5,7H,6H2,1H3,(H,15,16). The molecule has 0 radical (unpaired) electrons. The number of thiophene rings is 1. The summed E-state index contributed by atoms with van der Waals surface area (Å²) < 4.78 is 5.96. The minimum absolute atomic E-state index is 0.0901. The van der Waals surface area contributed by atoms with Crippen LogP contribution in [0.3, 0.4) is 0 Å². The summed E-state index contributed by atoms with van der Waals surface area (Å²) in [5, 5.41) is 4.66. The van der Waals surface area contributed by atoms with Gasteiger partial charge in [-0.1, -0.05) is 0 Å². The summed E-state index contributed by atoms with van der Waals surface area (Å²) in [6.45, 7) is 0.450. The van der Waals surface area contributed by atoms with Crippen LogP contribution in [0.25, 0.3) is 0 Å². The van der Waals surface area contributed by atoms with Crippen molar-refractivity contribution in [2.75, 3.05) is 7.11 Å². The molecule has 2 rings (SSSR count). The maximum Gasteiger partial charge on any atom is 0.252 e. The normalized spacial score (nSPS) is 10.1. The summed E-state index contributed by atoms with van der Waals surface area (Å²) in [4.78, 5) is 15.8. The highest BCUT2D eigenvalue weighted by molar-refractivity contribution is 9.11. The van der Waals surface area contributed by atoms with Gasteiger partial charge in [0, 0.05) is 24.2 Å². The van der Waals surface area contributed by atoms with Crippen LogP contribution < -0.4 is 10.1 Å². The molecule has 0 spiro atoms. The van der Waals surface area contributed by atoms with Gasteiger partial charge in [-0.15, -0.1) is 11.3 Å². The number of carbonyl (C=O) groups excluding carboxylic acids is 1. The summed E-state index contributed by atoms with van der Waals surface area (Å²) in [6.07, 6.45) is 1.65. The van der Waals surface area contributed by atoms with Gasteiger partial charge in [-0.2, -0.15) is 0 Å². The van der Waals surface area contributed by atoms with E-state index in [0.29, 0.717) is 18.0 Å². The number of hydrogen-bond acceptors (Lipinski definition) is 4. The summed E-state index contributed by atoms with van der Waals surface area (Å²) in [5.74, 6) is 0.452. The van der Waals surface area contributed by atoms with Crippen molar-refractivity contribution < 1.29 is 9.53 Å². The number of ether oxygens (including phenoxy) is 1. The summed E-state index contributed by atoms with van der Waals surface area (Å²) >= 11 is 4.82. The molecule has 0 unspecified atom stereocenters. The van der Waals surface area contributed by atoms with Gasteiger partial charge in [0.25, 0.3) is 5.91 Å². The molecular weight excluding hydrogens is 316 g/mol. The fraction of sp³-hybridized carbons (Fsp3) is 0.167. The van der Waals surface area contributed by atoms with E-state index in [0.717, 1.165) is 9.35 Å². The first kappa shape index (κ1) is 13.0. The average Bonchev–Trinajstić information content (AvgIpc) is 2.83. The maximum atomic E-state index is 11.8. The van der Waals surface area contributed by atoms with Crippen molar-refractivity contribution >= 4 is 33.2 Å². The van der Waals surface area contributed by atoms with Crippen molar-refractivity contribution in [3.63, 3.8) is 0 Å². The van der Waals surface area contributed by atoms with Crippen LogP contribution in [0.4, 0.5) is 0 Å².